The molecule has 1 aromatic carbocycles. The maximum atomic E-state index is 13.1. The fraction of sp³-hybridized carbons (Fsp3) is 0.562. The molecule has 3 rings (SSSR count). The van der Waals surface area contributed by atoms with Crippen molar-refractivity contribution in [3.8, 4) is 0 Å². The topological polar surface area (TPSA) is 29.1 Å². The molecule has 2 aliphatic heterocycles. The first-order valence-electron chi connectivity index (χ1n) is 7.15. The number of ketones is 1. The molecule has 0 aliphatic carbocycles. The Balaban J connectivity index is 1.68. The Bertz CT molecular complexity index is 488. The quantitative estimate of drug-likeness (QED) is 0.906. The van der Waals surface area contributed by atoms with Gasteiger partial charge in [0.05, 0.1) is 0 Å². The average molecular weight is 261 g/mol. The number of Topliss-reactive ketones (excluding diaryl/α,β-unsaturated/α-hetero) is 1. The Morgan fingerprint density at radius 2 is 2.00 bits per heavy atom. The van der Waals surface area contributed by atoms with E-state index in [-0.39, 0.29) is 11.7 Å². The van der Waals surface area contributed by atoms with E-state index in [9.17, 15) is 9.18 Å². The minimum absolute atomic E-state index is 0.197. The van der Waals surface area contributed by atoms with Crippen molar-refractivity contribution in [2.75, 3.05) is 0 Å². The summed E-state index contributed by atoms with van der Waals surface area (Å²) in [4.78, 5) is 12.4. The van der Waals surface area contributed by atoms with Crippen molar-refractivity contribution >= 4 is 5.78 Å². The smallest absolute Gasteiger partial charge is 0.140 e. The number of carbonyl (C=O) groups is 1. The van der Waals surface area contributed by atoms with Gasteiger partial charge in [0.15, 0.2) is 0 Å². The largest absolute Gasteiger partial charge is 0.311 e. The van der Waals surface area contributed by atoms with Crippen LogP contribution in [0.25, 0.3) is 0 Å². The Hall–Kier alpha value is -1.22. The molecular weight excluding hydrogens is 241 g/mol. The van der Waals surface area contributed by atoms with E-state index in [1.165, 1.54) is 25.0 Å². The average Bonchev–Trinajstić information content (AvgIpc) is 2.71. The third-order valence-electron chi connectivity index (χ3n) is 4.60. The summed E-state index contributed by atoms with van der Waals surface area (Å²) in [5.41, 5.74) is 1.85. The molecule has 0 saturated carbocycles. The molecule has 2 saturated heterocycles. The first-order chi connectivity index (χ1) is 9.11. The molecule has 0 spiro atoms. The third-order valence-corrected chi connectivity index (χ3v) is 4.60. The minimum Gasteiger partial charge on any atom is -0.311 e. The molecular formula is C16H20FNO. The number of benzene rings is 1. The Kier molecular flexibility index (Phi) is 3.40. The maximum absolute atomic E-state index is 13.1. The van der Waals surface area contributed by atoms with Crippen molar-refractivity contribution in [2.45, 2.75) is 51.1 Å². The molecule has 1 N–H and O–H groups in total. The van der Waals surface area contributed by atoms with E-state index >= 15 is 0 Å². The Morgan fingerprint density at radius 1 is 1.32 bits per heavy atom. The van der Waals surface area contributed by atoms with Gasteiger partial charge in [0.1, 0.15) is 11.6 Å². The lowest BCUT2D eigenvalue weighted by atomic mass is 9.86. The van der Waals surface area contributed by atoms with Gasteiger partial charge >= 0.3 is 0 Å². The maximum Gasteiger partial charge on any atom is 0.140 e. The van der Waals surface area contributed by atoms with Crippen LogP contribution in [-0.2, 0) is 11.2 Å². The van der Waals surface area contributed by atoms with Crippen molar-refractivity contribution in [3.05, 3.63) is 35.1 Å². The van der Waals surface area contributed by atoms with Crippen LogP contribution in [0.15, 0.2) is 18.2 Å². The highest BCUT2D eigenvalue weighted by atomic mass is 19.1. The molecule has 19 heavy (non-hydrogen) atoms. The lowest BCUT2D eigenvalue weighted by molar-refractivity contribution is -0.123. The van der Waals surface area contributed by atoms with Crippen LogP contribution >= 0.6 is 0 Å². The number of hydrogen-bond acceptors (Lipinski definition) is 2. The van der Waals surface area contributed by atoms with E-state index in [4.69, 9.17) is 0 Å². The standard InChI is InChI=1S/C16H20FNO/c1-10-6-13(17)3-2-11(10)9-16(19)12-7-14-4-5-15(8-12)18-14/h2-3,6,12,14-15,18H,4-5,7-9H2,1H3. The molecule has 1 aromatic rings. The summed E-state index contributed by atoms with van der Waals surface area (Å²) in [5, 5.41) is 3.56. The molecule has 102 valence electrons. The predicted molar refractivity (Wildman–Crippen MR) is 72.5 cm³/mol. The van der Waals surface area contributed by atoms with Gasteiger partial charge in [-0.05, 0) is 55.9 Å². The molecule has 2 nitrogen and oxygen atoms in total. The summed E-state index contributed by atoms with van der Waals surface area (Å²) in [5.74, 6) is 0.296. The zero-order valence-electron chi connectivity index (χ0n) is 11.3. The van der Waals surface area contributed by atoms with Gasteiger partial charge in [0, 0.05) is 24.4 Å². The van der Waals surface area contributed by atoms with Gasteiger partial charge in [-0.15, -0.1) is 0 Å². The summed E-state index contributed by atoms with van der Waals surface area (Å²) in [6, 6.07) is 5.79. The van der Waals surface area contributed by atoms with Crippen LogP contribution in [0.1, 0.15) is 36.8 Å². The lowest BCUT2D eigenvalue weighted by Crippen LogP contribution is -2.40. The second-order valence-electron chi connectivity index (χ2n) is 6.02. The molecule has 0 aromatic heterocycles. The number of carbonyl (C=O) groups excluding carboxylic acids is 1. The van der Waals surface area contributed by atoms with Gasteiger partial charge in [0.25, 0.3) is 0 Å². The summed E-state index contributed by atoms with van der Waals surface area (Å²) in [7, 11) is 0. The fourth-order valence-electron chi connectivity index (χ4n) is 3.51. The van der Waals surface area contributed by atoms with Gasteiger partial charge < -0.3 is 5.32 Å². The molecule has 2 heterocycles. The second kappa shape index (κ2) is 5.04. The van der Waals surface area contributed by atoms with Crippen molar-refractivity contribution in [1.29, 1.82) is 0 Å². The molecule has 2 bridgehead atoms. The molecule has 2 unspecified atom stereocenters. The monoisotopic (exact) mass is 261 g/mol. The highest BCUT2D eigenvalue weighted by Gasteiger charge is 2.36. The van der Waals surface area contributed by atoms with E-state index in [0.717, 1.165) is 24.0 Å². The van der Waals surface area contributed by atoms with Crippen molar-refractivity contribution < 1.29 is 9.18 Å². The number of piperidine rings is 1. The number of hydrogen-bond donors (Lipinski definition) is 1. The first kappa shape index (κ1) is 12.8. The van der Waals surface area contributed by atoms with Crippen LogP contribution in [0.3, 0.4) is 0 Å². The zero-order valence-corrected chi connectivity index (χ0v) is 11.3. The molecule has 3 heteroatoms. The van der Waals surface area contributed by atoms with Crippen molar-refractivity contribution in [2.24, 2.45) is 5.92 Å². The number of fused-ring (bicyclic) bond motifs is 2. The molecule has 2 fully saturated rings. The van der Waals surface area contributed by atoms with Crippen LogP contribution in [0.2, 0.25) is 0 Å². The van der Waals surface area contributed by atoms with Gasteiger partial charge in [-0.25, -0.2) is 4.39 Å². The highest BCUT2D eigenvalue weighted by Crippen LogP contribution is 2.32. The van der Waals surface area contributed by atoms with Gasteiger partial charge in [-0.1, -0.05) is 6.07 Å². The van der Waals surface area contributed by atoms with E-state index < -0.39 is 0 Å². The molecule has 2 atom stereocenters. The first-order valence-corrected chi connectivity index (χ1v) is 7.15. The van der Waals surface area contributed by atoms with E-state index in [0.29, 0.717) is 24.3 Å². The molecule has 2 aliphatic rings. The van der Waals surface area contributed by atoms with Crippen molar-refractivity contribution in [3.63, 3.8) is 0 Å². The van der Waals surface area contributed by atoms with Crippen LogP contribution < -0.4 is 5.32 Å². The van der Waals surface area contributed by atoms with Crippen LogP contribution in [-0.4, -0.2) is 17.9 Å². The van der Waals surface area contributed by atoms with Gasteiger partial charge in [0.2, 0.25) is 0 Å². The second-order valence-corrected chi connectivity index (χ2v) is 6.02. The van der Waals surface area contributed by atoms with Gasteiger partial charge in [-0.3, -0.25) is 4.79 Å². The summed E-state index contributed by atoms with van der Waals surface area (Å²) in [6.07, 6.45) is 4.84. The minimum atomic E-state index is -0.228. The van der Waals surface area contributed by atoms with Crippen LogP contribution in [0, 0.1) is 18.7 Å². The van der Waals surface area contributed by atoms with Gasteiger partial charge in [-0.2, -0.15) is 0 Å². The number of rotatable bonds is 3. The molecule has 0 radical (unpaired) electrons. The predicted octanol–water partition coefficient (Wildman–Crippen LogP) is 2.78. The number of halogens is 1. The Labute approximate surface area is 113 Å². The van der Waals surface area contributed by atoms with Crippen molar-refractivity contribution in [1.82, 2.24) is 5.32 Å². The van der Waals surface area contributed by atoms with E-state index in [1.807, 2.05) is 6.92 Å². The normalized spacial score (nSPS) is 29.5. The highest BCUT2D eigenvalue weighted by molar-refractivity contribution is 5.83. The van der Waals surface area contributed by atoms with Crippen LogP contribution in [0.4, 0.5) is 4.39 Å². The van der Waals surface area contributed by atoms with Crippen LogP contribution in [0.5, 0.6) is 0 Å². The van der Waals surface area contributed by atoms with E-state index in [1.54, 1.807) is 6.07 Å². The summed E-state index contributed by atoms with van der Waals surface area (Å²) in [6.45, 7) is 1.87. The van der Waals surface area contributed by atoms with E-state index in [2.05, 4.69) is 5.32 Å². The summed E-state index contributed by atoms with van der Waals surface area (Å²) < 4.78 is 13.1. The number of nitrogens with one attached hydrogen (secondary N) is 1. The zero-order chi connectivity index (χ0) is 13.4. The number of aryl methyl sites for hydroxylation is 1. The fourth-order valence-corrected chi connectivity index (χ4v) is 3.51. The SMILES string of the molecule is Cc1cc(F)ccc1CC(=O)C1CC2CCC(C1)N2. The molecule has 0 amide bonds. The summed E-state index contributed by atoms with van der Waals surface area (Å²) >= 11 is 0. The lowest BCUT2D eigenvalue weighted by Gasteiger charge is -2.28. The third kappa shape index (κ3) is 2.71. The Morgan fingerprint density at radius 3 is 2.63 bits per heavy atom.